The molecule has 0 spiro atoms. The van der Waals surface area contributed by atoms with Gasteiger partial charge in [-0.3, -0.25) is 0 Å². The van der Waals surface area contributed by atoms with Gasteiger partial charge in [-0.1, -0.05) is 6.42 Å². The molecule has 21 heavy (non-hydrogen) atoms. The van der Waals surface area contributed by atoms with Crippen LogP contribution in [0.4, 0.5) is 0 Å². The number of rotatable bonds is 8. The number of nitrogens with zero attached hydrogens (tertiary/aromatic N) is 1. The van der Waals surface area contributed by atoms with Crippen molar-refractivity contribution in [2.45, 2.75) is 31.7 Å². The van der Waals surface area contributed by atoms with Gasteiger partial charge < -0.3 is 19.7 Å². The van der Waals surface area contributed by atoms with Crippen molar-refractivity contribution in [1.82, 2.24) is 10.2 Å². The molecule has 1 aliphatic rings. The molecule has 4 heteroatoms. The lowest BCUT2D eigenvalue weighted by atomic mass is 10.0. The summed E-state index contributed by atoms with van der Waals surface area (Å²) in [4.78, 5) is 2.35. The molecule has 0 radical (unpaired) electrons. The van der Waals surface area contributed by atoms with E-state index in [2.05, 4.69) is 17.3 Å². The van der Waals surface area contributed by atoms with Gasteiger partial charge in [0.25, 0.3) is 0 Å². The minimum Gasteiger partial charge on any atom is -0.497 e. The summed E-state index contributed by atoms with van der Waals surface area (Å²) < 4.78 is 10.9. The van der Waals surface area contributed by atoms with Crippen molar-refractivity contribution in [3.05, 3.63) is 24.3 Å². The van der Waals surface area contributed by atoms with E-state index in [4.69, 9.17) is 9.47 Å². The topological polar surface area (TPSA) is 33.7 Å². The van der Waals surface area contributed by atoms with Crippen LogP contribution >= 0.6 is 0 Å². The fourth-order valence-corrected chi connectivity index (χ4v) is 2.65. The number of hydrogen-bond acceptors (Lipinski definition) is 4. The minimum atomic E-state index is 0.712. The van der Waals surface area contributed by atoms with Gasteiger partial charge in [0, 0.05) is 12.6 Å². The Labute approximate surface area is 128 Å². The first-order chi connectivity index (χ1) is 10.3. The lowest BCUT2D eigenvalue weighted by Crippen LogP contribution is -2.37. The Morgan fingerprint density at radius 1 is 1.14 bits per heavy atom. The third-order valence-electron chi connectivity index (χ3n) is 4.07. The van der Waals surface area contributed by atoms with Crippen molar-refractivity contribution in [3.8, 4) is 11.5 Å². The van der Waals surface area contributed by atoms with Gasteiger partial charge in [-0.25, -0.2) is 0 Å². The molecule has 118 valence electrons. The Morgan fingerprint density at radius 2 is 1.90 bits per heavy atom. The molecule has 0 aromatic heterocycles. The molecule has 1 aliphatic heterocycles. The number of piperidine rings is 1. The molecule has 1 aromatic rings. The molecule has 1 heterocycles. The molecular weight excluding hydrogens is 264 g/mol. The normalized spacial score (nSPS) is 18.7. The summed E-state index contributed by atoms with van der Waals surface area (Å²) in [5.74, 6) is 1.76. The highest BCUT2D eigenvalue weighted by Crippen LogP contribution is 2.16. The Bertz CT molecular complexity index is 388. The molecular formula is C17H28N2O2. The van der Waals surface area contributed by atoms with Gasteiger partial charge in [-0.15, -0.1) is 0 Å². The second-order valence-corrected chi connectivity index (χ2v) is 5.76. The first-order valence-corrected chi connectivity index (χ1v) is 7.96. The van der Waals surface area contributed by atoms with E-state index in [-0.39, 0.29) is 0 Å². The molecule has 0 amide bonds. The van der Waals surface area contributed by atoms with Crippen LogP contribution < -0.4 is 14.8 Å². The van der Waals surface area contributed by atoms with Gasteiger partial charge in [0.2, 0.25) is 0 Å². The lowest BCUT2D eigenvalue weighted by molar-refractivity contribution is 0.225. The first kappa shape index (κ1) is 16.1. The van der Waals surface area contributed by atoms with Crippen LogP contribution in [0, 0.1) is 0 Å². The highest BCUT2D eigenvalue weighted by Gasteiger charge is 2.12. The predicted molar refractivity (Wildman–Crippen MR) is 86.2 cm³/mol. The molecule has 0 aliphatic carbocycles. The fraction of sp³-hybridized carbons (Fsp3) is 0.647. The quantitative estimate of drug-likeness (QED) is 0.798. The van der Waals surface area contributed by atoms with Crippen LogP contribution in [-0.2, 0) is 0 Å². The molecule has 2 rings (SSSR count). The highest BCUT2D eigenvalue weighted by atomic mass is 16.5. The summed E-state index contributed by atoms with van der Waals surface area (Å²) in [7, 11) is 3.84. The van der Waals surface area contributed by atoms with Crippen LogP contribution in [-0.4, -0.2) is 51.3 Å². The zero-order valence-corrected chi connectivity index (χ0v) is 13.3. The monoisotopic (exact) mass is 292 g/mol. The van der Waals surface area contributed by atoms with Gasteiger partial charge in [0.15, 0.2) is 0 Å². The average Bonchev–Trinajstić information content (AvgIpc) is 2.54. The van der Waals surface area contributed by atoms with E-state index in [9.17, 15) is 0 Å². The van der Waals surface area contributed by atoms with Gasteiger partial charge in [0.1, 0.15) is 18.1 Å². The van der Waals surface area contributed by atoms with Crippen LogP contribution in [0.3, 0.4) is 0 Å². The summed E-state index contributed by atoms with van der Waals surface area (Å²) in [5.41, 5.74) is 0. The minimum absolute atomic E-state index is 0.712. The third-order valence-corrected chi connectivity index (χ3v) is 4.07. The molecule has 1 unspecified atom stereocenters. The SMILES string of the molecule is COc1ccc(OCCN(C)CCC2CCCCN2)cc1. The van der Waals surface area contributed by atoms with Crippen molar-refractivity contribution in [1.29, 1.82) is 0 Å². The number of hydrogen-bond donors (Lipinski definition) is 1. The number of methoxy groups -OCH3 is 1. The molecule has 0 bridgehead atoms. The highest BCUT2D eigenvalue weighted by molar-refractivity contribution is 5.31. The van der Waals surface area contributed by atoms with Crippen LogP contribution in [0.5, 0.6) is 11.5 Å². The number of benzene rings is 1. The number of nitrogens with one attached hydrogen (secondary N) is 1. The summed E-state index contributed by atoms with van der Waals surface area (Å²) >= 11 is 0. The summed E-state index contributed by atoms with van der Waals surface area (Å²) in [5, 5.41) is 3.60. The summed E-state index contributed by atoms with van der Waals surface area (Å²) in [6, 6.07) is 8.46. The second-order valence-electron chi connectivity index (χ2n) is 5.76. The molecule has 0 saturated carbocycles. The van der Waals surface area contributed by atoms with E-state index in [1.807, 2.05) is 24.3 Å². The van der Waals surface area contributed by atoms with Crippen LogP contribution in [0.1, 0.15) is 25.7 Å². The average molecular weight is 292 g/mol. The van der Waals surface area contributed by atoms with Crippen molar-refractivity contribution < 1.29 is 9.47 Å². The third kappa shape index (κ3) is 5.94. The van der Waals surface area contributed by atoms with E-state index in [1.165, 1.54) is 32.2 Å². The zero-order valence-electron chi connectivity index (χ0n) is 13.3. The Morgan fingerprint density at radius 3 is 2.57 bits per heavy atom. The van der Waals surface area contributed by atoms with Crippen molar-refractivity contribution in [3.63, 3.8) is 0 Å². The predicted octanol–water partition coefficient (Wildman–Crippen LogP) is 2.54. The van der Waals surface area contributed by atoms with Crippen LogP contribution in [0.2, 0.25) is 0 Å². The lowest BCUT2D eigenvalue weighted by Gasteiger charge is -2.25. The van der Waals surface area contributed by atoms with Crippen LogP contribution in [0.15, 0.2) is 24.3 Å². The van der Waals surface area contributed by atoms with Gasteiger partial charge >= 0.3 is 0 Å². The second kappa shape index (κ2) is 8.90. The first-order valence-electron chi connectivity index (χ1n) is 7.96. The van der Waals surface area contributed by atoms with Gasteiger partial charge in [0.05, 0.1) is 7.11 Å². The van der Waals surface area contributed by atoms with E-state index >= 15 is 0 Å². The standard InChI is InChI=1S/C17H28N2O2/c1-19(12-10-15-5-3-4-11-18-15)13-14-21-17-8-6-16(20-2)7-9-17/h6-9,15,18H,3-5,10-14H2,1-2H3. The Hall–Kier alpha value is -1.26. The Kier molecular flexibility index (Phi) is 6.83. The van der Waals surface area contributed by atoms with Gasteiger partial charge in [-0.05, 0) is 63.7 Å². The number of ether oxygens (including phenoxy) is 2. The zero-order chi connectivity index (χ0) is 14.9. The maximum atomic E-state index is 5.76. The molecule has 1 fully saturated rings. The molecule has 1 atom stereocenters. The maximum Gasteiger partial charge on any atom is 0.119 e. The van der Waals surface area contributed by atoms with Crippen LogP contribution in [0.25, 0.3) is 0 Å². The summed E-state index contributed by atoms with van der Waals surface area (Å²) in [6.07, 6.45) is 5.28. The van der Waals surface area contributed by atoms with Crippen molar-refractivity contribution in [2.75, 3.05) is 40.4 Å². The van der Waals surface area contributed by atoms with Crippen molar-refractivity contribution >= 4 is 0 Å². The van der Waals surface area contributed by atoms with E-state index in [1.54, 1.807) is 7.11 Å². The van der Waals surface area contributed by atoms with E-state index in [0.717, 1.165) is 31.2 Å². The summed E-state index contributed by atoms with van der Waals surface area (Å²) in [6.45, 7) is 4.00. The number of likely N-dealkylation sites (N-methyl/N-ethyl adjacent to an activating group) is 1. The maximum absolute atomic E-state index is 5.76. The van der Waals surface area contributed by atoms with E-state index in [0.29, 0.717) is 6.04 Å². The van der Waals surface area contributed by atoms with E-state index < -0.39 is 0 Å². The Balaban J connectivity index is 1.58. The fourth-order valence-electron chi connectivity index (χ4n) is 2.65. The molecule has 1 saturated heterocycles. The molecule has 4 nitrogen and oxygen atoms in total. The molecule has 1 aromatic carbocycles. The van der Waals surface area contributed by atoms with Gasteiger partial charge in [-0.2, -0.15) is 0 Å². The van der Waals surface area contributed by atoms with Crippen molar-refractivity contribution in [2.24, 2.45) is 0 Å². The molecule has 1 N–H and O–H groups in total. The smallest absolute Gasteiger partial charge is 0.119 e. The largest absolute Gasteiger partial charge is 0.497 e.